The smallest absolute Gasteiger partial charge is 0.315 e. The van der Waals surface area contributed by atoms with Gasteiger partial charge in [0.05, 0.1) is 11.0 Å². The third-order valence-corrected chi connectivity index (χ3v) is 7.04. The maximum absolute atomic E-state index is 12.2. The molecule has 0 spiro atoms. The third-order valence-electron chi connectivity index (χ3n) is 7.04. The van der Waals surface area contributed by atoms with E-state index >= 15 is 0 Å². The number of pyridine rings is 2. The lowest BCUT2D eigenvalue weighted by atomic mass is 10.0. The molecule has 1 aliphatic carbocycles. The number of amides is 2. The van der Waals surface area contributed by atoms with Crippen molar-refractivity contribution in [2.24, 2.45) is 0 Å². The number of nitrogen functional groups attached to an aromatic ring is 1. The molecule has 0 atom stereocenters. The van der Waals surface area contributed by atoms with Crippen LogP contribution in [-0.2, 0) is 13.0 Å². The van der Waals surface area contributed by atoms with Gasteiger partial charge in [-0.15, -0.1) is 0 Å². The van der Waals surface area contributed by atoms with Gasteiger partial charge in [0.2, 0.25) is 0 Å². The number of rotatable bonds is 9. The lowest BCUT2D eigenvalue weighted by Gasteiger charge is -2.14. The van der Waals surface area contributed by atoms with Gasteiger partial charge in [0.25, 0.3) is 0 Å². The summed E-state index contributed by atoms with van der Waals surface area (Å²) < 4.78 is 2.31. The Balaban J connectivity index is 1.35. The SMILES string of the molecule is CCCc1nc2c(N)nc3cc(-c4cccnc4)ccc3c2n1CCCCNC(=O)NC1CCCC1. The maximum Gasteiger partial charge on any atom is 0.315 e. The topological polar surface area (TPSA) is 111 Å². The van der Waals surface area contributed by atoms with Gasteiger partial charge in [-0.1, -0.05) is 38.0 Å². The number of carbonyl (C=O) groups is 1. The Bertz CT molecular complexity index is 1340. The number of hydrogen-bond acceptors (Lipinski definition) is 5. The summed E-state index contributed by atoms with van der Waals surface area (Å²) in [4.78, 5) is 26.0. The molecule has 4 aromatic rings. The van der Waals surface area contributed by atoms with Crippen LogP contribution in [0.15, 0.2) is 42.7 Å². The van der Waals surface area contributed by atoms with E-state index in [1.165, 1.54) is 12.8 Å². The summed E-state index contributed by atoms with van der Waals surface area (Å²) in [6.07, 6.45) is 12.0. The normalized spacial score (nSPS) is 14.0. The van der Waals surface area contributed by atoms with Crippen molar-refractivity contribution in [1.82, 2.24) is 30.2 Å². The molecule has 0 bridgehead atoms. The number of nitrogens with two attached hydrogens (primary N) is 1. The zero-order valence-electron chi connectivity index (χ0n) is 21.0. The Hall–Kier alpha value is -3.68. The maximum atomic E-state index is 12.2. The van der Waals surface area contributed by atoms with Crippen LogP contribution in [0.5, 0.6) is 0 Å². The van der Waals surface area contributed by atoms with E-state index in [0.29, 0.717) is 18.4 Å². The minimum absolute atomic E-state index is 0.0454. The molecule has 0 radical (unpaired) electrons. The molecule has 0 saturated heterocycles. The standard InChI is InChI=1S/C28H35N7O/c1-2-8-24-34-25-26(35(24)16-6-5-15-31-28(36)32-21-10-3-4-11-21)22-13-12-19(17-23(22)33-27(25)29)20-9-7-14-30-18-20/h7,9,12-14,17-18,21H,2-6,8,10-11,15-16H2,1H3,(H2,29,33)(H2,31,32,36). The highest BCUT2D eigenvalue weighted by Gasteiger charge is 2.18. The molecule has 36 heavy (non-hydrogen) atoms. The number of aryl methyl sites for hydroxylation is 2. The first-order valence-electron chi connectivity index (χ1n) is 13.2. The van der Waals surface area contributed by atoms with Crippen LogP contribution in [0.25, 0.3) is 33.1 Å². The van der Waals surface area contributed by atoms with Gasteiger partial charge < -0.3 is 20.9 Å². The van der Waals surface area contributed by atoms with Gasteiger partial charge in [0.1, 0.15) is 11.3 Å². The van der Waals surface area contributed by atoms with Crippen molar-refractivity contribution in [2.45, 2.75) is 70.9 Å². The molecule has 0 aliphatic heterocycles. The predicted octanol–water partition coefficient (Wildman–Crippen LogP) is 5.20. The predicted molar refractivity (Wildman–Crippen MR) is 145 cm³/mol. The molecule has 0 unspecified atom stereocenters. The highest BCUT2D eigenvalue weighted by atomic mass is 16.2. The minimum atomic E-state index is -0.0454. The number of fused-ring (bicyclic) bond motifs is 3. The van der Waals surface area contributed by atoms with Gasteiger partial charge in [0.15, 0.2) is 5.82 Å². The Kier molecular flexibility index (Phi) is 7.30. The Labute approximate surface area is 211 Å². The van der Waals surface area contributed by atoms with Crippen molar-refractivity contribution in [2.75, 3.05) is 12.3 Å². The summed E-state index contributed by atoms with van der Waals surface area (Å²) in [5, 5.41) is 7.15. The Morgan fingerprint density at radius 3 is 2.78 bits per heavy atom. The van der Waals surface area contributed by atoms with Crippen molar-refractivity contribution in [3.05, 3.63) is 48.5 Å². The van der Waals surface area contributed by atoms with Crippen LogP contribution in [0.2, 0.25) is 0 Å². The molecule has 8 nitrogen and oxygen atoms in total. The fourth-order valence-electron chi connectivity index (χ4n) is 5.23. The molecule has 2 amide bonds. The largest absolute Gasteiger partial charge is 0.382 e. The fourth-order valence-corrected chi connectivity index (χ4v) is 5.23. The Morgan fingerprint density at radius 2 is 2.00 bits per heavy atom. The first kappa shape index (κ1) is 24.0. The summed E-state index contributed by atoms with van der Waals surface area (Å²) in [6.45, 7) is 3.64. The lowest BCUT2D eigenvalue weighted by Crippen LogP contribution is -2.41. The van der Waals surface area contributed by atoms with E-state index < -0.39 is 0 Å². The number of nitrogens with one attached hydrogen (secondary N) is 2. The van der Waals surface area contributed by atoms with Gasteiger partial charge in [0, 0.05) is 48.9 Å². The molecule has 8 heteroatoms. The van der Waals surface area contributed by atoms with Crippen molar-refractivity contribution in [1.29, 1.82) is 0 Å². The lowest BCUT2D eigenvalue weighted by molar-refractivity contribution is 0.237. The van der Waals surface area contributed by atoms with E-state index in [1.807, 2.05) is 18.3 Å². The average molecular weight is 486 g/mol. The van der Waals surface area contributed by atoms with Crippen LogP contribution in [0.4, 0.5) is 10.6 Å². The average Bonchev–Trinajstić information content (AvgIpc) is 3.53. The number of urea groups is 1. The van der Waals surface area contributed by atoms with E-state index in [9.17, 15) is 4.79 Å². The molecule has 3 aromatic heterocycles. The summed E-state index contributed by atoms with van der Waals surface area (Å²) in [5.74, 6) is 1.50. The number of aromatic nitrogens is 4. The summed E-state index contributed by atoms with van der Waals surface area (Å²) >= 11 is 0. The summed E-state index contributed by atoms with van der Waals surface area (Å²) in [5.41, 5.74) is 11.2. The summed E-state index contributed by atoms with van der Waals surface area (Å²) in [6, 6.07) is 10.6. The highest BCUT2D eigenvalue weighted by Crippen LogP contribution is 2.32. The van der Waals surface area contributed by atoms with Crippen molar-refractivity contribution < 1.29 is 4.79 Å². The minimum Gasteiger partial charge on any atom is -0.382 e. The van der Waals surface area contributed by atoms with Crippen LogP contribution in [0, 0.1) is 0 Å². The number of benzene rings is 1. The highest BCUT2D eigenvalue weighted by molar-refractivity contribution is 6.07. The van der Waals surface area contributed by atoms with Crippen LogP contribution in [-0.4, -0.2) is 38.1 Å². The molecule has 1 saturated carbocycles. The second kappa shape index (κ2) is 10.9. The van der Waals surface area contributed by atoms with E-state index in [0.717, 1.165) is 84.0 Å². The molecule has 5 rings (SSSR count). The van der Waals surface area contributed by atoms with Crippen LogP contribution < -0.4 is 16.4 Å². The molecule has 1 aliphatic rings. The van der Waals surface area contributed by atoms with Gasteiger partial charge in [-0.3, -0.25) is 4.98 Å². The third kappa shape index (κ3) is 5.12. The van der Waals surface area contributed by atoms with Crippen LogP contribution in [0.1, 0.15) is 57.7 Å². The van der Waals surface area contributed by atoms with Gasteiger partial charge in [-0.25, -0.2) is 14.8 Å². The number of hydrogen-bond donors (Lipinski definition) is 3. The van der Waals surface area contributed by atoms with Gasteiger partial charge in [-0.05, 0) is 49.8 Å². The van der Waals surface area contributed by atoms with Crippen molar-refractivity contribution >= 4 is 33.8 Å². The van der Waals surface area contributed by atoms with Crippen molar-refractivity contribution in [3.63, 3.8) is 0 Å². The first-order chi connectivity index (χ1) is 17.6. The molecular weight excluding hydrogens is 450 g/mol. The van der Waals surface area contributed by atoms with E-state index in [-0.39, 0.29) is 6.03 Å². The second-order valence-corrected chi connectivity index (χ2v) is 9.69. The zero-order chi connectivity index (χ0) is 24.9. The van der Waals surface area contributed by atoms with E-state index in [2.05, 4.69) is 45.3 Å². The van der Waals surface area contributed by atoms with Crippen molar-refractivity contribution in [3.8, 4) is 11.1 Å². The molecule has 3 heterocycles. The number of nitrogens with zero attached hydrogens (tertiary/aromatic N) is 4. The van der Waals surface area contributed by atoms with Gasteiger partial charge in [-0.2, -0.15) is 0 Å². The molecular formula is C28H35N7O. The molecule has 1 fully saturated rings. The molecule has 4 N–H and O–H groups in total. The first-order valence-corrected chi connectivity index (χ1v) is 13.2. The van der Waals surface area contributed by atoms with Crippen LogP contribution in [0.3, 0.4) is 0 Å². The fraction of sp³-hybridized carbons (Fsp3) is 0.429. The van der Waals surface area contributed by atoms with E-state index in [1.54, 1.807) is 6.20 Å². The number of anilines is 1. The number of imidazole rings is 1. The van der Waals surface area contributed by atoms with Crippen LogP contribution >= 0.6 is 0 Å². The van der Waals surface area contributed by atoms with E-state index in [4.69, 9.17) is 15.7 Å². The van der Waals surface area contributed by atoms with Gasteiger partial charge >= 0.3 is 6.03 Å². The monoisotopic (exact) mass is 485 g/mol. The number of unbranched alkanes of at least 4 members (excludes halogenated alkanes) is 1. The summed E-state index contributed by atoms with van der Waals surface area (Å²) in [7, 11) is 0. The second-order valence-electron chi connectivity index (χ2n) is 9.69. The molecule has 188 valence electrons. The number of carbonyl (C=O) groups excluding carboxylic acids is 1. The Morgan fingerprint density at radius 1 is 1.14 bits per heavy atom. The molecule has 1 aromatic carbocycles. The zero-order valence-corrected chi connectivity index (χ0v) is 21.0. The quantitative estimate of drug-likeness (QED) is 0.282.